The van der Waals surface area contributed by atoms with Gasteiger partial charge in [0.25, 0.3) is 0 Å². The van der Waals surface area contributed by atoms with Crippen molar-refractivity contribution in [1.29, 1.82) is 0 Å². The van der Waals surface area contributed by atoms with Crippen LogP contribution in [0.4, 0.5) is 5.95 Å². The number of carbonyl (C=O) groups is 1. The summed E-state index contributed by atoms with van der Waals surface area (Å²) in [5, 5.41) is 2.63. The van der Waals surface area contributed by atoms with Gasteiger partial charge in [0, 0.05) is 18.9 Å². The van der Waals surface area contributed by atoms with E-state index in [9.17, 15) is 4.79 Å². The zero-order chi connectivity index (χ0) is 9.90. The first-order chi connectivity index (χ1) is 6.06. The Bertz CT molecular complexity index is 278. The van der Waals surface area contributed by atoms with Crippen LogP contribution in [0.5, 0.6) is 0 Å². The molecule has 72 valence electrons. The minimum atomic E-state index is -0.563. The maximum atomic E-state index is 11.5. The van der Waals surface area contributed by atoms with Gasteiger partial charge in [-0.15, -0.1) is 0 Å². The highest BCUT2D eigenvalue weighted by Gasteiger charge is 2.26. The molecule has 0 atom stereocenters. The molecule has 0 aromatic carbocycles. The molecule has 5 heteroatoms. The first-order valence-corrected chi connectivity index (χ1v) is 4.07. The van der Waals surface area contributed by atoms with Crippen molar-refractivity contribution in [3.05, 3.63) is 12.4 Å². The third kappa shape index (κ3) is 2.29. The quantitative estimate of drug-likeness (QED) is 0.630. The van der Waals surface area contributed by atoms with Gasteiger partial charge in [0.1, 0.15) is 0 Å². The van der Waals surface area contributed by atoms with E-state index in [-0.39, 0.29) is 5.91 Å². The zero-order valence-corrected chi connectivity index (χ0v) is 7.79. The average molecular weight is 182 g/mol. The van der Waals surface area contributed by atoms with Crippen LogP contribution in [0.25, 0.3) is 0 Å². The highest BCUT2D eigenvalue weighted by molar-refractivity contribution is 5.93. The van der Waals surface area contributed by atoms with E-state index in [0.717, 1.165) is 0 Å². The van der Waals surface area contributed by atoms with Crippen LogP contribution in [0.15, 0.2) is 12.4 Å². The third-order valence-electron chi connectivity index (χ3n) is 1.86. The summed E-state index contributed by atoms with van der Waals surface area (Å²) in [6, 6.07) is 0. The molecule has 0 aliphatic carbocycles. The van der Waals surface area contributed by atoms with Gasteiger partial charge in [-0.25, -0.2) is 4.98 Å². The number of aromatic amines is 1. The molecule has 5 nitrogen and oxygen atoms in total. The fourth-order valence-electron chi connectivity index (χ4n) is 0.703. The van der Waals surface area contributed by atoms with Gasteiger partial charge in [0.05, 0.1) is 5.41 Å². The van der Waals surface area contributed by atoms with Gasteiger partial charge in [-0.3, -0.25) is 10.1 Å². The van der Waals surface area contributed by atoms with Gasteiger partial charge in [-0.2, -0.15) is 0 Å². The topological polar surface area (TPSA) is 83.8 Å². The second-order valence-electron chi connectivity index (χ2n) is 3.48. The van der Waals surface area contributed by atoms with Crippen LogP contribution in [0.3, 0.4) is 0 Å². The molecule has 1 aromatic heterocycles. The van der Waals surface area contributed by atoms with Gasteiger partial charge in [-0.1, -0.05) is 0 Å². The Balaban J connectivity index is 2.61. The lowest BCUT2D eigenvalue weighted by Gasteiger charge is -2.19. The van der Waals surface area contributed by atoms with Crippen LogP contribution in [-0.4, -0.2) is 22.4 Å². The van der Waals surface area contributed by atoms with E-state index < -0.39 is 5.41 Å². The third-order valence-corrected chi connectivity index (χ3v) is 1.86. The monoisotopic (exact) mass is 182 g/mol. The zero-order valence-electron chi connectivity index (χ0n) is 7.79. The van der Waals surface area contributed by atoms with Gasteiger partial charge in [0.2, 0.25) is 11.9 Å². The van der Waals surface area contributed by atoms with Crippen LogP contribution in [0.1, 0.15) is 13.8 Å². The fraction of sp³-hybridized carbons (Fsp3) is 0.500. The molecule has 0 spiro atoms. The Kier molecular flexibility index (Phi) is 2.67. The molecule has 1 amide bonds. The van der Waals surface area contributed by atoms with Gasteiger partial charge < -0.3 is 10.7 Å². The second kappa shape index (κ2) is 3.57. The SMILES string of the molecule is CC(C)(CN)C(=O)Nc1ncc[nH]1. The first-order valence-electron chi connectivity index (χ1n) is 4.07. The Labute approximate surface area is 76.7 Å². The molecule has 1 aromatic rings. The van der Waals surface area contributed by atoms with Crippen molar-refractivity contribution in [1.82, 2.24) is 9.97 Å². The number of hydrogen-bond donors (Lipinski definition) is 3. The Morgan fingerprint density at radius 3 is 2.92 bits per heavy atom. The molecule has 1 rings (SSSR count). The number of H-pyrrole nitrogens is 1. The minimum Gasteiger partial charge on any atom is -0.331 e. The van der Waals surface area contributed by atoms with Crippen LogP contribution >= 0.6 is 0 Å². The molecular formula is C8H14N4O. The molecule has 1 heterocycles. The maximum absolute atomic E-state index is 11.5. The first kappa shape index (κ1) is 9.73. The van der Waals surface area contributed by atoms with E-state index in [4.69, 9.17) is 5.73 Å². The number of carbonyl (C=O) groups excluding carboxylic acids is 1. The summed E-state index contributed by atoms with van der Waals surface area (Å²) in [6.45, 7) is 3.87. The van der Waals surface area contributed by atoms with Crippen molar-refractivity contribution in [2.75, 3.05) is 11.9 Å². The number of amides is 1. The highest BCUT2D eigenvalue weighted by atomic mass is 16.2. The molecule has 0 bridgehead atoms. The fourth-order valence-corrected chi connectivity index (χ4v) is 0.703. The summed E-state index contributed by atoms with van der Waals surface area (Å²) in [5.41, 5.74) is 4.88. The Morgan fingerprint density at radius 1 is 1.77 bits per heavy atom. The summed E-state index contributed by atoms with van der Waals surface area (Å²) in [7, 11) is 0. The molecule has 0 unspecified atom stereocenters. The summed E-state index contributed by atoms with van der Waals surface area (Å²) >= 11 is 0. The number of rotatable bonds is 3. The van der Waals surface area contributed by atoms with Crippen LogP contribution < -0.4 is 11.1 Å². The smallest absolute Gasteiger partial charge is 0.233 e. The summed E-state index contributed by atoms with van der Waals surface area (Å²) in [4.78, 5) is 18.2. The average Bonchev–Trinajstić information content (AvgIpc) is 2.57. The van der Waals surface area contributed by atoms with Gasteiger partial charge in [0.15, 0.2) is 0 Å². The lowest BCUT2D eigenvalue weighted by Crippen LogP contribution is -2.37. The van der Waals surface area contributed by atoms with E-state index in [1.807, 2.05) is 0 Å². The lowest BCUT2D eigenvalue weighted by molar-refractivity contribution is -0.123. The van der Waals surface area contributed by atoms with Crippen molar-refractivity contribution < 1.29 is 4.79 Å². The molecule has 0 aliphatic rings. The van der Waals surface area contributed by atoms with Crippen molar-refractivity contribution in [2.45, 2.75) is 13.8 Å². The number of imidazole rings is 1. The van der Waals surface area contributed by atoms with Crippen molar-refractivity contribution >= 4 is 11.9 Å². The van der Waals surface area contributed by atoms with Crippen molar-refractivity contribution in [3.8, 4) is 0 Å². The largest absolute Gasteiger partial charge is 0.331 e. The number of hydrogen-bond acceptors (Lipinski definition) is 3. The molecule has 13 heavy (non-hydrogen) atoms. The number of nitrogens with zero attached hydrogens (tertiary/aromatic N) is 1. The van der Waals surface area contributed by atoms with E-state index in [1.54, 1.807) is 26.2 Å². The van der Waals surface area contributed by atoms with E-state index in [1.165, 1.54) is 0 Å². The normalized spacial score (nSPS) is 11.3. The number of aromatic nitrogens is 2. The number of nitrogens with two attached hydrogens (primary N) is 1. The standard InChI is InChI=1S/C8H14N4O/c1-8(2,5-9)6(13)12-7-10-3-4-11-7/h3-4H,5,9H2,1-2H3,(H2,10,11,12,13). The van der Waals surface area contributed by atoms with Crippen molar-refractivity contribution in [2.24, 2.45) is 11.1 Å². The molecule has 4 N–H and O–H groups in total. The number of anilines is 1. The Morgan fingerprint density at radius 2 is 2.46 bits per heavy atom. The summed E-state index contributed by atoms with van der Waals surface area (Å²) < 4.78 is 0. The summed E-state index contributed by atoms with van der Waals surface area (Å²) in [6.07, 6.45) is 3.22. The van der Waals surface area contributed by atoms with E-state index in [2.05, 4.69) is 15.3 Å². The van der Waals surface area contributed by atoms with Gasteiger partial charge in [-0.05, 0) is 13.8 Å². The molecule has 0 aliphatic heterocycles. The predicted molar refractivity (Wildman–Crippen MR) is 50.1 cm³/mol. The molecular weight excluding hydrogens is 168 g/mol. The van der Waals surface area contributed by atoms with Crippen LogP contribution in [-0.2, 0) is 4.79 Å². The van der Waals surface area contributed by atoms with Crippen LogP contribution in [0.2, 0.25) is 0 Å². The lowest BCUT2D eigenvalue weighted by atomic mass is 9.93. The summed E-state index contributed by atoms with van der Waals surface area (Å²) in [5.74, 6) is 0.316. The molecule has 0 fully saturated rings. The molecule has 0 radical (unpaired) electrons. The molecule has 0 saturated heterocycles. The maximum Gasteiger partial charge on any atom is 0.233 e. The van der Waals surface area contributed by atoms with Crippen molar-refractivity contribution in [3.63, 3.8) is 0 Å². The second-order valence-corrected chi connectivity index (χ2v) is 3.48. The van der Waals surface area contributed by atoms with E-state index in [0.29, 0.717) is 12.5 Å². The van der Waals surface area contributed by atoms with E-state index >= 15 is 0 Å². The highest BCUT2D eigenvalue weighted by Crippen LogP contribution is 2.14. The number of nitrogens with one attached hydrogen (secondary N) is 2. The van der Waals surface area contributed by atoms with Crippen LogP contribution in [0, 0.1) is 5.41 Å². The minimum absolute atomic E-state index is 0.134. The van der Waals surface area contributed by atoms with Gasteiger partial charge >= 0.3 is 0 Å². The predicted octanol–water partition coefficient (Wildman–Crippen LogP) is 0.333. The Hall–Kier alpha value is -1.36. The molecule has 0 saturated carbocycles.